The number of thiocarbonyl (C=S) groups is 1. The fraction of sp³-hybridized carbons (Fsp3) is 0.333. The number of para-hydroxylation sites is 1. The van der Waals surface area contributed by atoms with Gasteiger partial charge in [0, 0.05) is 30.4 Å². The lowest BCUT2D eigenvalue weighted by Crippen LogP contribution is -2.34. The molecule has 7 nitrogen and oxygen atoms in total. The number of carbonyl (C=O) groups is 1. The first-order chi connectivity index (χ1) is 13.9. The molecular formula is C21H24N4O3S. The number of nitro benzene ring substituents is 1. The van der Waals surface area contributed by atoms with Gasteiger partial charge in [-0.1, -0.05) is 25.1 Å². The second kappa shape index (κ2) is 9.00. The third kappa shape index (κ3) is 4.71. The van der Waals surface area contributed by atoms with Crippen molar-refractivity contribution < 1.29 is 9.72 Å². The van der Waals surface area contributed by atoms with Crippen LogP contribution in [-0.4, -0.2) is 29.0 Å². The number of nitro groups is 1. The Hall–Kier alpha value is -3.00. The molecule has 1 amide bonds. The van der Waals surface area contributed by atoms with Crippen molar-refractivity contribution in [2.75, 3.05) is 23.3 Å². The molecule has 3 rings (SSSR count). The number of nitrogens with one attached hydrogen (secondary N) is 2. The smallest absolute Gasteiger partial charge is 0.293 e. The van der Waals surface area contributed by atoms with Gasteiger partial charge >= 0.3 is 0 Å². The summed E-state index contributed by atoms with van der Waals surface area (Å²) in [7, 11) is 0. The van der Waals surface area contributed by atoms with E-state index in [1.54, 1.807) is 12.1 Å². The molecule has 0 aliphatic carbocycles. The highest BCUT2D eigenvalue weighted by molar-refractivity contribution is 7.80. The molecule has 0 spiro atoms. The van der Waals surface area contributed by atoms with E-state index in [-0.39, 0.29) is 16.4 Å². The zero-order valence-electron chi connectivity index (χ0n) is 16.5. The van der Waals surface area contributed by atoms with Crippen molar-refractivity contribution in [3.8, 4) is 0 Å². The number of anilines is 2. The zero-order chi connectivity index (χ0) is 21.0. The van der Waals surface area contributed by atoms with Crippen molar-refractivity contribution in [1.82, 2.24) is 5.32 Å². The molecule has 2 aromatic rings. The Labute approximate surface area is 175 Å². The highest BCUT2D eigenvalue weighted by Crippen LogP contribution is 2.31. The molecule has 2 N–H and O–H groups in total. The van der Waals surface area contributed by atoms with E-state index >= 15 is 0 Å². The van der Waals surface area contributed by atoms with E-state index in [0.29, 0.717) is 5.69 Å². The van der Waals surface area contributed by atoms with Gasteiger partial charge in [-0.25, -0.2) is 0 Å². The number of aryl methyl sites for hydroxylation is 2. The van der Waals surface area contributed by atoms with Crippen LogP contribution in [-0.2, 0) is 6.42 Å². The van der Waals surface area contributed by atoms with Crippen LogP contribution in [0.25, 0.3) is 0 Å². The van der Waals surface area contributed by atoms with Gasteiger partial charge in [-0.3, -0.25) is 20.2 Å². The van der Waals surface area contributed by atoms with E-state index in [0.717, 1.165) is 49.2 Å². The van der Waals surface area contributed by atoms with Gasteiger partial charge in [0.2, 0.25) is 0 Å². The van der Waals surface area contributed by atoms with Crippen molar-refractivity contribution >= 4 is 40.3 Å². The van der Waals surface area contributed by atoms with Crippen molar-refractivity contribution in [2.45, 2.75) is 33.1 Å². The molecule has 1 aliphatic rings. The van der Waals surface area contributed by atoms with E-state index in [1.165, 1.54) is 6.07 Å². The molecule has 0 aromatic heterocycles. The van der Waals surface area contributed by atoms with Gasteiger partial charge in [0.1, 0.15) is 5.69 Å². The van der Waals surface area contributed by atoms with Crippen molar-refractivity contribution in [3.05, 3.63) is 63.2 Å². The molecule has 0 radical (unpaired) electrons. The van der Waals surface area contributed by atoms with Crippen molar-refractivity contribution in [3.63, 3.8) is 0 Å². The largest absolute Gasteiger partial charge is 0.366 e. The average molecular weight is 413 g/mol. The quantitative estimate of drug-likeness (QED) is 0.435. The normalized spacial score (nSPS) is 13.2. The van der Waals surface area contributed by atoms with E-state index in [1.807, 2.05) is 36.9 Å². The summed E-state index contributed by atoms with van der Waals surface area (Å²) < 4.78 is 0. The van der Waals surface area contributed by atoms with Crippen LogP contribution in [0.2, 0.25) is 0 Å². The molecule has 152 valence electrons. The fourth-order valence-electron chi connectivity index (χ4n) is 3.56. The maximum Gasteiger partial charge on any atom is 0.293 e. The second-order valence-corrected chi connectivity index (χ2v) is 7.43. The maximum atomic E-state index is 12.6. The molecular weight excluding hydrogens is 388 g/mol. The molecule has 0 saturated carbocycles. The summed E-state index contributed by atoms with van der Waals surface area (Å²) in [5, 5.41) is 17.4. The number of rotatable bonds is 5. The summed E-state index contributed by atoms with van der Waals surface area (Å²) in [5.41, 5.74) is 3.67. The third-order valence-corrected chi connectivity index (χ3v) is 5.29. The molecule has 29 heavy (non-hydrogen) atoms. The van der Waals surface area contributed by atoms with Crippen LogP contribution in [0.4, 0.5) is 17.1 Å². The van der Waals surface area contributed by atoms with Crippen LogP contribution in [0.15, 0.2) is 36.4 Å². The van der Waals surface area contributed by atoms with Crippen LogP contribution in [0, 0.1) is 17.0 Å². The summed E-state index contributed by atoms with van der Waals surface area (Å²) in [5.74, 6) is -0.481. The van der Waals surface area contributed by atoms with E-state index < -0.39 is 10.8 Å². The Balaban J connectivity index is 1.76. The standard InChI is InChI=1S/C21H24N4O3S/c1-3-15-8-6-7-14(2)19(15)22-21(29)23-20(26)16-9-10-17(18(13-16)25(27)28)24-11-4-5-12-24/h6-10,13H,3-5,11-12H2,1-2H3,(H2,22,23,26,29). The number of nitrogens with zero attached hydrogens (tertiary/aromatic N) is 2. The average Bonchev–Trinajstić information content (AvgIpc) is 3.23. The predicted molar refractivity (Wildman–Crippen MR) is 119 cm³/mol. The Morgan fingerprint density at radius 1 is 1.24 bits per heavy atom. The van der Waals surface area contributed by atoms with Crippen LogP contribution in [0.3, 0.4) is 0 Å². The van der Waals surface area contributed by atoms with E-state index in [4.69, 9.17) is 12.2 Å². The molecule has 0 unspecified atom stereocenters. The minimum Gasteiger partial charge on any atom is -0.366 e. The molecule has 0 atom stereocenters. The second-order valence-electron chi connectivity index (χ2n) is 7.03. The van der Waals surface area contributed by atoms with E-state index in [9.17, 15) is 14.9 Å². The first-order valence-electron chi connectivity index (χ1n) is 9.65. The number of benzene rings is 2. The summed E-state index contributed by atoms with van der Waals surface area (Å²) in [6, 6.07) is 10.5. The first kappa shape index (κ1) is 20.7. The molecule has 1 heterocycles. The summed E-state index contributed by atoms with van der Waals surface area (Å²) in [6.07, 6.45) is 2.85. The number of hydrogen-bond acceptors (Lipinski definition) is 5. The maximum absolute atomic E-state index is 12.6. The molecule has 1 fully saturated rings. The van der Waals surface area contributed by atoms with Gasteiger partial charge in [-0.2, -0.15) is 0 Å². The Morgan fingerprint density at radius 3 is 2.62 bits per heavy atom. The molecule has 8 heteroatoms. The zero-order valence-corrected chi connectivity index (χ0v) is 17.3. The van der Waals surface area contributed by atoms with Gasteiger partial charge in [-0.05, 0) is 61.7 Å². The van der Waals surface area contributed by atoms with Crippen LogP contribution in [0.1, 0.15) is 41.3 Å². The molecule has 1 saturated heterocycles. The fourth-order valence-corrected chi connectivity index (χ4v) is 3.75. The number of hydrogen-bond donors (Lipinski definition) is 2. The Kier molecular flexibility index (Phi) is 6.43. The Morgan fingerprint density at radius 2 is 1.97 bits per heavy atom. The highest BCUT2D eigenvalue weighted by Gasteiger charge is 2.24. The first-order valence-corrected chi connectivity index (χ1v) is 10.1. The summed E-state index contributed by atoms with van der Waals surface area (Å²) in [4.78, 5) is 25.7. The van der Waals surface area contributed by atoms with Crippen LogP contribution >= 0.6 is 12.2 Å². The topological polar surface area (TPSA) is 87.5 Å². The third-order valence-electron chi connectivity index (χ3n) is 5.09. The molecule has 0 bridgehead atoms. The lowest BCUT2D eigenvalue weighted by atomic mass is 10.1. The monoisotopic (exact) mass is 412 g/mol. The van der Waals surface area contributed by atoms with Gasteiger partial charge in [0.05, 0.1) is 4.92 Å². The minimum atomic E-state index is -0.481. The van der Waals surface area contributed by atoms with Crippen LogP contribution in [0.5, 0.6) is 0 Å². The molecule has 2 aromatic carbocycles. The van der Waals surface area contributed by atoms with Crippen molar-refractivity contribution in [2.24, 2.45) is 0 Å². The minimum absolute atomic E-state index is 0.0643. The van der Waals surface area contributed by atoms with Crippen LogP contribution < -0.4 is 15.5 Å². The Bertz CT molecular complexity index is 955. The van der Waals surface area contributed by atoms with Crippen molar-refractivity contribution in [1.29, 1.82) is 0 Å². The van der Waals surface area contributed by atoms with Gasteiger partial charge in [-0.15, -0.1) is 0 Å². The highest BCUT2D eigenvalue weighted by atomic mass is 32.1. The SMILES string of the molecule is CCc1cccc(C)c1NC(=S)NC(=O)c1ccc(N2CCCC2)c([N+](=O)[O-])c1. The van der Waals surface area contributed by atoms with E-state index in [2.05, 4.69) is 10.6 Å². The lowest BCUT2D eigenvalue weighted by molar-refractivity contribution is -0.384. The van der Waals surface area contributed by atoms with Gasteiger partial charge in [0.25, 0.3) is 11.6 Å². The predicted octanol–water partition coefficient (Wildman–Crippen LogP) is 4.19. The number of carbonyl (C=O) groups excluding carboxylic acids is 1. The molecule has 1 aliphatic heterocycles. The summed E-state index contributed by atoms with van der Waals surface area (Å²) in [6.45, 7) is 5.59. The lowest BCUT2D eigenvalue weighted by Gasteiger charge is -2.18. The number of amides is 1. The summed E-state index contributed by atoms with van der Waals surface area (Å²) >= 11 is 5.29. The van der Waals surface area contributed by atoms with Gasteiger partial charge < -0.3 is 10.2 Å². The van der Waals surface area contributed by atoms with Gasteiger partial charge in [0.15, 0.2) is 5.11 Å².